The number of hydrogen-bond donors (Lipinski definition) is 1. The van der Waals surface area contributed by atoms with E-state index in [1.165, 1.54) is 18.3 Å². The molecule has 0 aliphatic rings. The van der Waals surface area contributed by atoms with Crippen LogP contribution >= 0.6 is 0 Å². The van der Waals surface area contributed by atoms with Crippen molar-refractivity contribution in [1.82, 2.24) is 14.7 Å². The molecule has 0 atom stereocenters. The number of carboxylic acid groups (broad SMARTS) is 1. The van der Waals surface area contributed by atoms with E-state index in [9.17, 15) is 14.7 Å². The van der Waals surface area contributed by atoms with E-state index >= 15 is 0 Å². The minimum Gasteiger partial charge on any atom is -0.545 e. The number of nitrogens with zero attached hydrogens (tertiary/aromatic N) is 2. The molecule has 6 nitrogen and oxygen atoms in total. The summed E-state index contributed by atoms with van der Waals surface area (Å²) in [7, 11) is 0. The van der Waals surface area contributed by atoms with Crippen LogP contribution in [0.1, 0.15) is 32.0 Å². The first-order valence-electron chi connectivity index (χ1n) is 7.07. The molecule has 116 valence electrons. The normalized spacial score (nSPS) is 10.2. The van der Waals surface area contributed by atoms with Crippen LogP contribution in [0.3, 0.4) is 0 Å². The Labute approximate surface area is 150 Å². The number of carboxylic acids is 1. The molecule has 1 amide bonds. The molecule has 2 heterocycles. The Balaban J connectivity index is 0.00000208. The summed E-state index contributed by atoms with van der Waals surface area (Å²) >= 11 is 0. The van der Waals surface area contributed by atoms with Crippen molar-refractivity contribution in [2.75, 3.05) is 0 Å². The van der Waals surface area contributed by atoms with Crippen molar-refractivity contribution in [1.29, 1.82) is 0 Å². The number of imidazole rings is 1. The third-order valence-electron chi connectivity index (χ3n) is 3.67. The zero-order valence-corrected chi connectivity index (χ0v) is 13.4. The predicted molar refractivity (Wildman–Crippen MR) is 81.9 cm³/mol. The fourth-order valence-electron chi connectivity index (χ4n) is 2.36. The van der Waals surface area contributed by atoms with E-state index in [4.69, 9.17) is 0 Å². The van der Waals surface area contributed by atoms with Crippen LogP contribution in [0.15, 0.2) is 48.8 Å². The van der Waals surface area contributed by atoms with Gasteiger partial charge < -0.3 is 15.2 Å². The van der Waals surface area contributed by atoms with Gasteiger partial charge in [0, 0.05) is 12.7 Å². The number of aromatic carboxylic acids is 1. The molecule has 1 N–H and O–H groups in total. The summed E-state index contributed by atoms with van der Waals surface area (Å²) in [5.74, 6) is -1.51. The topological polar surface area (TPSA) is 86.5 Å². The molecule has 3 aromatic rings. The van der Waals surface area contributed by atoms with Gasteiger partial charge in [-0.25, -0.2) is 4.98 Å². The summed E-state index contributed by atoms with van der Waals surface area (Å²) in [6, 6.07) is 10.2. The molecule has 2 aromatic heterocycles. The average molecular weight is 315 g/mol. The quantitative estimate of drug-likeness (QED) is 0.561. The Kier molecular flexibility index (Phi) is 5.45. The first-order valence-corrected chi connectivity index (χ1v) is 7.07. The molecular weight excluding hydrogens is 301 g/mol. The number of pyridine rings is 1. The van der Waals surface area contributed by atoms with Gasteiger partial charge in [0.25, 0.3) is 5.91 Å². The number of aromatic nitrogens is 2. The van der Waals surface area contributed by atoms with Gasteiger partial charge in [-0.1, -0.05) is 18.2 Å². The van der Waals surface area contributed by atoms with Crippen LogP contribution in [0, 0.1) is 6.92 Å². The number of nitrogens with one attached hydrogen (secondary N) is 1. The van der Waals surface area contributed by atoms with Crippen molar-refractivity contribution in [3.8, 4) is 0 Å². The van der Waals surface area contributed by atoms with Crippen molar-refractivity contribution in [3.05, 3.63) is 71.2 Å². The Morgan fingerprint density at radius 2 is 2.04 bits per heavy atom. The van der Waals surface area contributed by atoms with Crippen molar-refractivity contribution in [2.24, 2.45) is 0 Å². The van der Waals surface area contributed by atoms with E-state index in [-0.39, 0.29) is 36.9 Å². The van der Waals surface area contributed by atoms with E-state index in [1.54, 1.807) is 16.7 Å². The molecule has 0 saturated heterocycles. The van der Waals surface area contributed by atoms with Crippen LogP contribution < -0.4 is 29.3 Å². The maximum Gasteiger partial charge on any atom is 1.00 e. The average Bonchev–Trinajstić information content (AvgIpc) is 2.97. The first-order chi connectivity index (χ1) is 11.1. The van der Waals surface area contributed by atoms with Gasteiger partial charge in [0.2, 0.25) is 0 Å². The molecule has 0 fully saturated rings. The monoisotopic (exact) mass is 315 g/mol. The minimum absolute atomic E-state index is 0. The number of carbonyl (C=O) groups is 2. The SMILES string of the molecule is Cc1ccc(C(=O)[O-])cc1CNC(=O)c1cnc2ccccn12.[Li+]. The van der Waals surface area contributed by atoms with Crippen LogP contribution in [0.2, 0.25) is 0 Å². The molecule has 24 heavy (non-hydrogen) atoms. The van der Waals surface area contributed by atoms with Crippen LogP contribution in [0.25, 0.3) is 5.65 Å². The smallest absolute Gasteiger partial charge is 0.545 e. The molecule has 1 aromatic carbocycles. The van der Waals surface area contributed by atoms with E-state index in [1.807, 2.05) is 25.1 Å². The van der Waals surface area contributed by atoms with Crippen molar-refractivity contribution < 1.29 is 33.6 Å². The number of carbonyl (C=O) groups excluding carboxylic acids is 2. The van der Waals surface area contributed by atoms with E-state index in [0.29, 0.717) is 11.3 Å². The Bertz CT molecular complexity index is 905. The second kappa shape index (κ2) is 7.35. The van der Waals surface area contributed by atoms with E-state index in [0.717, 1.165) is 11.1 Å². The van der Waals surface area contributed by atoms with Crippen LogP contribution in [0.4, 0.5) is 0 Å². The van der Waals surface area contributed by atoms with Crippen LogP contribution in [-0.4, -0.2) is 21.3 Å². The predicted octanol–water partition coefficient (Wildman–Crippen LogP) is -2.06. The van der Waals surface area contributed by atoms with Gasteiger partial charge in [-0.2, -0.15) is 0 Å². The Morgan fingerprint density at radius 3 is 2.79 bits per heavy atom. The van der Waals surface area contributed by atoms with E-state index in [2.05, 4.69) is 10.3 Å². The number of rotatable bonds is 4. The molecule has 0 aliphatic heterocycles. The van der Waals surface area contributed by atoms with Crippen LogP contribution in [0.5, 0.6) is 0 Å². The zero-order chi connectivity index (χ0) is 16.4. The van der Waals surface area contributed by atoms with Crippen molar-refractivity contribution in [2.45, 2.75) is 13.5 Å². The Hall–Kier alpha value is -2.55. The summed E-state index contributed by atoms with van der Waals surface area (Å²) in [5.41, 5.74) is 2.83. The van der Waals surface area contributed by atoms with Gasteiger partial charge in [0.15, 0.2) is 0 Å². The molecule has 7 heteroatoms. The zero-order valence-electron chi connectivity index (χ0n) is 13.4. The van der Waals surface area contributed by atoms with Gasteiger partial charge in [0.05, 0.1) is 12.2 Å². The molecule has 0 spiro atoms. The van der Waals surface area contributed by atoms with Gasteiger partial charge in [-0.3, -0.25) is 9.20 Å². The first kappa shape index (κ1) is 17.8. The molecule has 0 radical (unpaired) electrons. The fourth-order valence-corrected chi connectivity index (χ4v) is 2.36. The fraction of sp³-hybridized carbons (Fsp3) is 0.118. The van der Waals surface area contributed by atoms with Crippen LogP contribution in [-0.2, 0) is 6.54 Å². The number of benzene rings is 1. The molecule has 3 rings (SSSR count). The third-order valence-corrected chi connectivity index (χ3v) is 3.67. The van der Waals surface area contributed by atoms with Crippen molar-refractivity contribution in [3.63, 3.8) is 0 Å². The third kappa shape index (κ3) is 3.51. The van der Waals surface area contributed by atoms with Gasteiger partial charge in [-0.05, 0) is 41.8 Å². The summed E-state index contributed by atoms with van der Waals surface area (Å²) in [6.07, 6.45) is 3.27. The summed E-state index contributed by atoms with van der Waals surface area (Å²) in [6.45, 7) is 2.08. The van der Waals surface area contributed by atoms with Gasteiger partial charge in [0.1, 0.15) is 11.3 Å². The van der Waals surface area contributed by atoms with Crippen molar-refractivity contribution >= 4 is 17.5 Å². The number of hydrogen-bond acceptors (Lipinski definition) is 4. The summed E-state index contributed by atoms with van der Waals surface area (Å²) < 4.78 is 1.69. The second-order valence-corrected chi connectivity index (χ2v) is 5.18. The number of aryl methyl sites for hydroxylation is 1. The Morgan fingerprint density at radius 1 is 1.25 bits per heavy atom. The second-order valence-electron chi connectivity index (χ2n) is 5.18. The minimum atomic E-state index is -1.24. The molecule has 0 saturated carbocycles. The standard InChI is InChI=1S/C17H15N3O3.Li/c1-11-5-6-12(17(22)23)8-13(11)9-19-16(21)14-10-18-15-4-2-3-7-20(14)15;/h2-8,10H,9H2,1H3,(H,19,21)(H,22,23);/q;+1/p-1. The maximum atomic E-state index is 12.3. The molecule has 0 unspecified atom stereocenters. The summed E-state index contributed by atoms with van der Waals surface area (Å²) in [4.78, 5) is 27.4. The number of fused-ring (bicyclic) bond motifs is 1. The van der Waals surface area contributed by atoms with Gasteiger partial charge >= 0.3 is 18.9 Å². The van der Waals surface area contributed by atoms with E-state index < -0.39 is 5.97 Å². The molecular formula is C17H14LiN3O3. The molecule has 0 aliphatic carbocycles. The summed E-state index contributed by atoms with van der Waals surface area (Å²) in [5, 5.41) is 13.7. The van der Waals surface area contributed by atoms with Gasteiger partial charge in [-0.15, -0.1) is 0 Å². The maximum absolute atomic E-state index is 12.3. The molecule has 0 bridgehead atoms. The largest absolute Gasteiger partial charge is 1.00 e. The number of amides is 1.